The zero-order valence-corrected chi connectivity index (χ0v) is 68.0. The Kier molecular flexibility index (Phi) is 16.7. The van der Waals surface area contributed by atoms with Crippen molar-refractivity contribution in [1.82, 2.24) is 48.2 Å². The highest BCUT2D eigenvalue weighted by atomic mass is 15.1. The van der Waals surface area contributed by atoms with Crippen LogP contribution in [0.1, 0.15) is 0 Å². The van der Waals surface area contributed by atoms with E-state index in [1.54, 1.807) is 0 Å². The molecule has 0 aliphatic heterocycles. The summed E-state index contributed by atoms with van der Waals surface area (Å²) >= 11 is 0. The van der Waals surface area contributed by atoms with Gasteiger partial charge in [-0.05, 0) is 169 Å². The number of nitrogens with zero attached hydrogens (tertiary/aromatic N) is 10. The Balaban J connectivity index is 0.694. The summed E-state index contributed by atoms with van der Waals surface area (Å²) < 4.78 is 9.76. The quantitative estimate of drug-likeness (QED) is 0.108. The van der Waals surface area contributed by atoms with Crippen molar-refractivity contribution >= 4 is 109 Å². The second-order valence-electron chi connectivity index (χ2n) is 32.5. The third-order valence-corrected chi connectivity index (χ3v) is 25.2. The van der Waals surface area contributed by atoms with Gasteiger partial charge in [0, 0.05) is 88.1 Å². The van der Waals surface area contributed by atoms with Crippen LogP contribution in [0.2, 0.25) is 0 Å². The zero-order chi connectivity index (χ0) is 82.9. The lowest BCUT2D eigenvalue weighted by atomic mass is 9.97. The molecule has 586 valence electrons. The van der Waals surface area contributed by atoms with Crippen molar-refractivity contribution in [2.24, 2.45) is 0 Å². The van der Waals surface area contributed by atoms with Crippen LogP contribution in [0.5, 0.6) is 0 Å². The molecule has 0 saturated heterocycles. The molecule has 0 fully saturated rings. The lowest BCUT2D eigenvalue weighted by molar-refractivity contribution is 1.07. The highest BCUT2D eigenvalue weighted by Gasteiger charge is 2.29. The van der Waals surface area contributed by atoms with Crippen LogP contribution in [-0.2, 0) is 0 Å². The molecular weight excluding hydrogens is 1530 g/mol. The van der Waals surface area contributed by atoms with Gasteiger partial charge in [-0.1, -0.05) is 334 Å². The van der Waals surface area contributed by atoms with Crippen molar-refractivity contribution in [3.63, 3.8) is 0 Å². The molecular formula is C116H72N10. The molecule has 6 aromatic heterocycles. The average Bonchev–Trinajstić information content (AvgIpc) is 1.55. The highest BCUT2D eigenvalue weighted by Crippen LogP contribution is 2.49. The molecule has 0 atom stereocenters. The van der Waals surface area contributed by atoms with Crippen molar-refractivity contribution in [1.29, 1.82) is 0 Å². The molecule has 126 heavy (non-hydrogen) atoms. The third-order valence-electron chi connectivity index (χ3n) is 25.2. The van der Waals surface area contributed by atoms with E-state index in [1.807, 2.05) is 24.3 Å². The first-order valence-corrected chi connectivity index (χ1v) is 42.7. The van der Waals surface area contributed by atoms with E-state index < -0.39 is 0 Å². The summed E-state index contributed by atoms with van der Waals surface area (Å²) in [6.45, 7) is 0. The number of aromatic nitrogens is 10. The van der Waals surface area contributed by atoms with Crippen LogP contribution < -0.4 is 0 Å². The molecule has 0 radical (unpaired) electrons. The number of fused-ring (bicyclic) bond motifs is 14. The summed E-state index contributed by atoms with van der Waals surface area (Å²) in [5, 5.41) is 13.1. The van der Waals surface area contributed by atoms with E-state index >= 15 is 0 Å². The first-order valence-electron chi connectivity index (χ1n) is 42.7. The van der Waals surface area contributed by atoms with Crippen molar-refractivity contribution in [3.05, 3.63) is 437 Å². The van der Waals surface area contributed by atoms with Crippen LogP contribution in [0, 0.1) is 0 Å². The molecule has 25 aromatic rings. The van der Waals surface area contributed by atoms with Crippen LogP contribution in [-0.4, -0.2) is 48.2 Å². The van der Waals surface area contributed by atoms with Crippen molar-refractivity contribution < 1.29 is 0 Å². The van der Waals surface area contributed by atoms with Gasteiger partial charge in [-0.3, -0.25) is 0 Å². The maximum Gasteiger partial charge on any atom is 0.166 e. The molecule has 19 aromatic carbocycles. The minimum absolute atomic E-state index is 0.569. The van der Waals surface area contributed by atoms with Gasteiger partial charge in [0.15, 0.2) is 34.9 Å². The molecule has 10 heteroatoms. The van der Waals surface area contributed by atoms with Crippen molar-refractivity contribution in [3.8, 4) is 136 Å². The standard InChI is InChI=1S/C116H72N10/c1-7-27-73(28-8-1)76-47-51-81(52-48-76)113-117-111(79-33-13-4-14-34-79)119-115(121-113)107-91-41-21-19-37-85(91)69-99-94-44-24-26-46-102(94)126(109(99)107)90-61-63-95-96-67-83(57-64-103(96)124(106(95)72-90)87-39-17-6-18-40-87)84-58-65-105-97(68-84)100-70-86-38-20-22-42-92(86)108(116-120-112(80-35-15-5-16-36-80)118-114(122-116)82-53-49-77(50-54-82)74-29-9-2-10-30-74)110(100)125(105)89-62-66-104-98(71-89)93-43-23-25-45-101(93)123(104)88-59-55-78(56-60-88)75-31-11-3-12-32-75/h1-72H. The molecule has 0 saturated carbocycles. The van der Waals surface area contributed by atoms with Gasteiger partial charge in [0.1, 0.15) is 0 Å². The van der Waals surface area contributed by atoms with Gasteiger partial charge in [-0.2, -0.15) is 0 Å². The van der Waals surface area contributed by atoms with Crippen molar-refractivity contribution in [2.75, 3.05) is 0 Å². The maximum atomic E-state index is 5.66. The van der Waals surface area contributed by atoms with Gasteiger partial charge in [0.25, 0.3) is 0 Å². The van der Waals surface area contributed by atoms with E-state index in [9.17, 15) is 0 Å². The topological polar surface area (TPSA) is 97.1 Å². The summed E-state index contributed by atoms with van der Waals surface area (Å²) in [5.74, 6) is 3.50. The smallest absolute Gasteiger partial charge is 0.166 e. The number of rotatable bonds is 14. The molecule has 10 nitrogen and oxygen atoms in total. The van der Waals surface area contributed by atoms with Gasteiger partial charge in [-0.25, -0.2) is 29.9 Å². The molecule has 0 aliphatic carbocycles. The predicted molar refractivity (Wildman–Crippen MR) is 520 cm³/mol. The molecule has 0 N–H and O–H groups in total. The second-order valence-corrected chi connectivity index (χ2v) is 32.5. The van der Waals surface area contributed by atoms with E-state index in [0.29, 0.717) is 34.9 Å². The van der Waals surface area contributed by atoms with E-state index in [4.69, 9.17) is 29.9 Å². The second kappa shape index (κ2) is 29.4. The Bertz CT molecular complexity index is 8640. The fourth-order valence-corrected chi connectivity index (χ4v) is 19.3. The minimum Gasteiger partial charge on any atom is -0.309 e. The van der Waals surface area contributed by atoms with E-state index in [2.05, 4.69) is 431 Å². The first kappa shape index (κ1) is 71.8. The molecule has 25 rings (SSSR count). The summed E-state index contributed by atoms with van der Waals surface area (Å²) in [4.78, 5) is 33.0. The number of hydrogen-bond donors (Lipinski definition) is 0. The maximum absolute atomic E-state index is 5.66. The Morgan fingerprint density at radius 1 is 0.135 bits per heavy atom. The van der Waals surface area contributed by atoms with E-state index in [1.165, 1.54) is 11.1 Å². The lowest BCUT2D eigenvalue weighted by Crippen LogP contribution is -2.03. The lowest BCUT2D eigenvalue weighted by Gasteiger charge is -2.15. The number of benzene rings is 19. The Morgan fingerprint density at radius 2 is 0.405 bits per heavy atom. The third kappa shape index (κ3) is 11.9. The zero-order valence-electron chi connectivity index (χ0n) is 68.0. The first-order chi connectivity index (χ1) is 62.5. The average molecular weight is 1610 g/mol. The van der Waals surface area contributed by atoms with Crippen LogP contribution >= 0.6 is 0 Å². The fraction of sp³-hybridized carbons (Fsp3) is 0. The van der Waals surface area contributed by atoms with Gasteiger partial charge in [-0.15, -0.1) is 0 Å². The van der Waals surface area contributed by atoms with E-state index in [-0.39, 0.29) is 0 Å². The minimum atomic E-state index is 0.569. The molecule has 0 aliphatic rings. The van der Waals surface area contributed by atoms with Gasteiger partial charge >= 0.3 is 0 Å². The van der Waals surface area contributed by atoms with Crippen LogP contribution in [0.15, 0.2) is 437 Å². The number of hydrogen-bond acceptors (Lipinski definition) is 6. The molecule has 0 unspecified atom stereocenters. The van der Waals surface area contributed by atoms with Crippen molar-refractivity contribution in [2.45, 2.75) is 0 Å². The summed E-state index contributed by atoms with van der Waals surface area (Å²) in [5.41, 5.74) is 27.0. The summed E-state index contributed by atoms with van der Waals surface area (Å²) in [6.07, 6.45) is 0. The van der Waals surface area contributed by atoms with Crippen LogP contribution in [0.25, 0.3) is 244 Å². The van der Waals surface area contributed by atoms with Crippen LogP contribution in [0.4, 0.5) is 0 Å². The summed E-state index contributed by atoms with van der Waals surface area (Å²) in [6, 6.07) is 157. The fourth-order valence-electron chi connectivity index (χ4n) is 19.3. The molecule has 0 spiro atoms. The van der Waals surface area contributed by atoms with Gasteiger partial charge in [0.05, 0.1) is 55.3 Å². The molecule has 0 bridgehead atoms. The largest absolute Gasteiger partial charge is 0.309 e. The SMILES string of the molecule is c1ccc(-c2ccc(-c3nc(-c4ccccc4)nc(-c4c5ccccc5cc5c6ccccc6n(-c6ccc7c8cc(-c9ccc%10c(c9)c9cc%11ccccc%11c(-c%11nc(-c%12ccccc%12)nc(-c%12ccc(-c%13ccccc%13)cc%12)n%11)c9n%10-c9ccc%10c(c9)c9ccccc9n%10-c9ccc(-c%10ccccc%10)cc9)ccc8n(-c8ccccc8)c7c6)c45)n3)cc2)cc1. The Labute approximate surface area is 724 Å². The number of para-hydroxylation sites is 3. The molecule has 0 amide bonds. The molecule has 6 heterocycles. The Morgan fingerprint density at radius 3 is 0.881 bits per heavy atom. The van der Waals surface area contributed by atoms with E-state index in [0.717, 1.165) is 198 Å². The van der Waals surface area contributed by atoms with Gasteiger partial charge in [0.2, 0.25) is 0 Å². The summed E-state index contributed by atoms with van der Waals surface area (Å²) in [7, 11) is 0. The van der Waals surface area contributed by atoms with Gasteiger partial charge < -0.3 is 18.3 Å². The monoisotopic (exact) mass is 1600 g/mol. The highest BCUT2D eigenvalue weighted by molar-refractivity contribution is 6.24. The Hall–Kier alpha value is -17.1. The predicted octanol–water partition coefficient (Wildman–Crippen LogP) is 29.4. The van der Waals surface area contributed by atoms with Crippen LogP contribution in [0.3, 0.4) is 0 Å². The normalized spacial score (nSPS) is 11.8.